The molecule has 2 amide bonds. The van der Waals surface area contributed by atoms with Gasteiger partial charge < -0.3 is 15.4 Å². The predicted molar refractivity (Wildman–Crippen MR) is 105 cm³/mol. The standard InChI is InChI=1S/C19H21N3O5S/c1-14(23)20-16-4-6-17(7-5-16)21-19(24)15-2-8-18(9-3-15)28(25,26)22-10-12-27-13-11-22/h2-9H,10-13H2,1H3,(H,20,23)(H,21,24). The molecule has 0 saturated carbocycles. The number of nitrogens with zero attached hydrogens (tertiary/aromatic N) is 1. The number of sulfonamides is 1. The molecule has 0 aromatic heterocycles. The van der Waals surface area contributed by atoms with Crippen molar-refractivity contribution in [2.24, 2.45) is 0 Å². The van der Waals surface area contributed by atoms with Crippen LogP contribution in [0.5, 0.6) is 0 Å². The van der Waals surface area contributed by atoms with Crippen molar-refractivity contribution in [3.8, 4) is 0 Å². The van der Waals surface area contributed by atoms with Crippen molar-refractivity contribution in [1.29, 1.82) is 0 Å². The SMILES string of the molecule is CC(=O)Nc1ccc(NC(=O)c2ccc(S(=O)(=O)N3CCOCC3)cc2)cc1. The van der Waals surface area contributed by atoms with Crippen LogP contribution < -0.4 is 10.6 Å². The fraction of sp³-hybridized carbons (Fsp3) is 0.263. The number of nitrogens with one attached hydrogen (secondary N) is 2. The second-order valence-electron chi connectivity index (χ2n) is 6.25. The Morgan fingerprint density at radius 1 is 0.893 bits per heavy atom. The lowest BCUT2D eigenvalue weighted by Crippen LogP contribution is -2.40. The maximum absolute atomic E-state index is 12.6. The Bertz CT molecular complexity index is 950. The highest BCUT2D eigenvalue weighted by Gasteiger charge is 2.26. The third kappa shape index (κ3) is 4.75. The molecule has 1 aliphatic heterocycles. The van der Waals surface area contributed by atoms with E-state index in [0.29, 0.717) is 43.2 Å². The minimum atomic E-state index is -3.59. The Morgan fingerprint density at radius 2 is 1.43 bits per heavy atom. The number of carbonyl (C=O) groups is 2. The molecule has 0 spiro atoms. The highest BCUT2D eigenvalue weighted by atomic mass is 32.2. The van der Waals surface area contributed by atoms with E-state index >= 15 is 0 Å². The van der Waals surface area contributed by atoms with Crippen molar-refractivity contribution in [3.05, 3.63) is 54.1 Å². The largest absolute Gasteiger partial charge is 0.379 e. The van der Waals surface area contributed by atoms with Gasteiger partial charge >= 0.3 is 0 Å². The quantitative estimate of drug-likeness (QED) is 0.794. The Hall–Kier alpha value is -2.75. The molecule has 8 nitrogen and oxygen atoms in total. The lowest BCUT2D eigenvalue weighted by atomic mass is 10.2. The van der Waals surface area contributed by atoms with Crippen molar-refractivity contribution < 1.29 is 22.7 Å². The van der Waals surface area contributed by atoms with Crippen LogP contribution in [0.15, 0.2) is 53.4 Å². The fourth-order valence-electron chi connectivity index (χ4n) is 2.76. The number of anilines is 2. The molecule has 0 radical (unpaired) electrons. The normalized spacial score (nSPS) is 15.0. The van der Waals surface area contributed by atoms with Gasteiger partial charge in [-0.15, -0.1) is 0 Å². The first-order chi connectivity index (χ1) is 13.4. The van der Waals surface area contributed by atoms with E-state index in [1.807, 2.05) is 0 Å². The average Bonchev–Trinajstić information content (AvgIpc) is 2.70. The number of amides is 2. The summed E-state index contributed by atoms with van der Waals surface area (Å²) in [6.07, 6.45) is 0. The van der Waals surface area contributed by atoms with Gasteiger partial charge in [0.05, 0.1) is 18.1 Å². The van der Waals surface area contributed by atoms with E-state index in [9.17, 15) is 18.0 Å². The molecule has 2 aromatic carbocycles. The van der Waals surface area contributed by atoms with E-state index in [1.54, 1.807) is 24.3 Å². The van der Waals surface area contributed by atoms with E-state index < -0.39 is 10.0 Å². The molecule has 9 heteroatoms. The number of ether oxygens (including phenoxy) is 1. The summed E-state index contributed by atoms with van der Waals surface area (Å²) in [7, 11) is -3.59. The Morgan fingerprint density at radius 3 is 1.96 bits per heavy atom. The van der Waals surface area contributed by atoms with Crippen molar-refractivity contribution in [1.82, 2.24) is 4.31 Å². The molecule has 1 saturated heterocycles. The van der Waals surface area contributed by atoms with Crippen LogP contribution in [-0.2, 0) is 19.6 Å². The molecular formula is C19H21N3O5S. The molecule has 0 aliphatic carbocycles. The summed E-state index contributed by atoms with van der Waals surface area (Å²) in [6, 6.07) is 12.5. The van der Waals surface area contributed by atoms with Gasteiger partial charge in [0.2, 0.25) is 15.9 Å². The Labute approximate surface area is 163 Å². The van der Waals surface area contributed by atoms with Gasteiger partial charge in [-0.25, -0.2) is 8.42 Å². The second kappa shape index (κ2) is 8.51. The summed E-state index contributed by atoms with van der Waals surface area (Å²) in [5, 5.41) is 5.38. The van der Waals surface area contributed by atoms with Crippen LogP contribution in [0.1, 0.15) is 17.3 Å². The van der Waals surface area contributed by atoms with Crippen LogP contribution in [0.2, 0.25) is 0 Å². The van der Waals surface area contributed by atoms with Gasteiger partial charge in [0.25, 0.3) is 5.91 Å². The smallest absolute Gasteiger partial charge is 0.255 e. The van der Waals surface area contributed by atoms with Gasteiger partial charge in [0.1, 0.15) is 0 Å². The maximum atomic E-state index is 12.6. The van der Waals surface area contributed by atoms with Crippen LogP contribution in [-0.4, -0.2) is 50.8 Å². The summed E-state index contributed by atoms with van der Waals surface area (Å²) in [5.74, 6) is -0.536. The summed E-state index contributed by atoms with van der Waals surface area (Å²) in [6.45, 7) is 2.80. The molecule has 2 N–H and O–H groups in total. The molecule has 28 heavy (non-hydrogen) atoms. The molecule has 1 fully saturated rings. The van der Waals surface area contributed by atoms with E-state index in [1.165, 1.54) is 35.5 Å². The monoisotopic (exact) mass is 403 g/mol. The minimum Gasteiger partial charge on any atom is -0.379 e. The van der Waals surface area contributed by atoms with Gasteiger partial charge in [0.15, 0.2) is 0 Å². The summed E-state index contributed by atoms with van der Waals surface area (Å²) in [5.41, 5.74) is 1.53. The molecule has 3 rings (SSSR count). The van der Waals surface area contributed by atoms with Crippen LogP contribution >= 0.6 is 0 Å². The highest BCUT2D eigenvalue weighted by molar-refractivity contribution is 7.89. The van der Waals surface area contributed by atoms with Crippen LogP contribution in [0.25, 0.3) is 0 Å². The van der Waals surface area contributed by atoms with Gasteiger partial charge in [-0.3, -0.25) is 9.59 Å². The number of benzene rings is 2. The second-order valence-corrected chi connectivity index (χ2v) is 8.19. The Balaban J connectivity index is 1.67. The van der Waals surface area contributed by atoms with Gasteiger partial charge in [0, 0.05) is 37.0 Å². The van der Waals surface area contributed by atoms with Gasteiger partial charge in [-0.05, 0) is 48.5 Å². The first kappa shape index (κ1) is 20.0. The van der Waals surface area contributed by atoms with Crippen LogP contribution in [0.4, 0.5) is 11.4 Å². The maximum Gasteiger partial charge on any atom is 0.255 e. The molecule has 2 aromatic rings. The molecule has 1 aliphatic rings. The number of hydrogen-bond acceptors (Lipinski definition) is 5. The van der Waals surface area contributed by atoms with E-state index in [-0.39, 0.29) is 16.7 Å². The highest BCUT2D eigenvalue weighted by Crippen LogP contribution is 2.19. The number of rotatable bonds is 5. The summed E-state index contributed by atoms with van der Waals surface area (Å²) >= 11 is 0. The summed E-state index contributed by atoms with van der Waals surface area (Å²) < 4.78 is 31.8. The topological polar surface area (TPSA) is 105 Å². The van der Waals surface area contributed by atoms with Gasteiger partial charge in [-0.2, -0.15) is 4.31 Å². The zero-order chi connectivity index (χ0) is 20.1. The first-order valence-electron chi connectivity index (χ1n) is 8.73. The lowest BCUT2D eigenvalue weighted by molar-refractivity contribution is -0.114. The Kier molecular flexibility index (Phi) is 6.08. The van der Waals surface area contributed by atoms with Crippen molar-refractivity contribution in [3.63, 3.8) is 0 Å². The summed E-state index contributed by atoms with van der Waals surface area (Å²) in [4.78, 5) is 23.6. The third-order valence-electron chi connectivity index (χ3n) is 4.19. The third-order valence-corrected chi connectivity index (χ3v) is 6.10. The van der Waals surface area contributed by atoms with E-state index in [4.69, 9.17) is 4.74 Å². The van der Waals surface area contributed by atoms with Crippen molar-refractivity contribution in [2.75, 3.05) is 36.9 Å². The minimum absolute atomic E-state index is 0.144. The van der Waals surface area contributed by atoms with E-state index in [0.717, 1.165) is 0 Å². The molecule has 148 valence electrons. The molecule has 0 atom stereocenters. The number of carbonyl (C=O) groups excluding carboxylic acids is 2. The molecule has 0 bridgehead atoms. The predicted octanol–water partition coefficient (Wildman–Crippen LogP) is 1.92. The van der Waals surface area contributed by atoms with Crippen LogP contribution in [0, 0.1) is 0 Å². The number of hydrogen-bond donors (Lipinski definition) is 2. The lowest BCUT2D eigenvalue weighted by Gasteiger charge is -2.26. The van der Waals surface area contributed by atoms with Crippen LogP contribution in [0.3, 0.4) is 0 Å². The zero-order valence-electron chi connectivity index (χ0n) is 15.3. The van der Waals surface area contributed by atoms with Gasteiger partial charge in [-0.1, -0.05) is 0 Å². The van der Waals surface area contributed by atoms with Crippen molar-refractivity contribution >= 4 is 33.2 Å². The first-order valence-corrected chi connectivity index (χ1v) is 10.2. The molecular weight excluding hydrogens is 382 g/mol. The van der Waals surface area contributed by atoms with E-state index in [2.05, 4.69) is 10.6 Å². The zero-order valence-corrected chi connectivity index (χ0v) is 16.2. The molecule has 0 unspecified atom stereocenters. The number of morpholine rings is 1. The average molecular weight is 403 g/mol. The molecule has 1 heterocycles. The van der Waals surface area contributed by atoms with Crippen molar-refractivity contribution in [2.45, 2.75) is 11.8 Å². The fourth-order valence-corrected chi connectivity index (χ4v) is 4.17.